The highest BCUT2D eigenvalue weighted by Gasteiger charge is 2.35. The van der Waals surface area contributed by atoms with Gasteiger partial charge in [0.05, 0.1) is 13.2 Å². The van der Waals surface area contributed by atoms with E-state index in [1.807, 2.05) is 0 Å². The first kappa shape index (κ1) is 12.9. The first-order chi connectivity index (χ1) is 7.12. The van der Waals surface area contributed by atoms with Crippen LogP contribution in [0.1, 0.15) is 26.7 Å². The second-order valence-corrected chi connectivity index (χ2v) is 5.17. The Labute approximate surface area is 93.4 Å². The van der Waals surface area contributed by atoms with Gasteiger partial charge in [-0.1, -0.05) is 20.3 Å². The van der Waals surface area contributed by atoms with Gasteiger partial charge in [0.15, 0.2) is 0 Å². The molecule has 15 heavy (non-hydrogen) atoms. The molecule has 1 N–H and O–H groups in total. The summed E-state index contributed by atoms with van der Waals surface area (Å²) in [6.07, 6.45) is 2.21. The SMILES string of the molecule is CCC(C)CN(C)CC1(CO)CCOC1. The first-order valence-electron chi connectivity index (χ1n) is 5.99. The van der Waals surface area contributed by atoms with Crippen molar-refractivity contribution in [1.29, 1.82) is 0 Å². The number of aliphatic hydroxyl groups is 1. The van der Waals surface area contributed by atoms with E-state index in [1.165, 1.54) is 6.42 Å². The van der Waals surface area contributed by atoms with Crippen molar-refractivity contribution in [2.75, 3.05) is 40.0 Å². The minimum Gasteiger partial charge on any atom is -0.396 e. The van der Waals surface area contributed by atoms with E-state index in [0.717, 1.165) is 32.0 Å². The Morgan fingerprint density at radius 3 is 2.73 bits per heavy atom. The molecular weight excluding hydrogens is 190 g/mol. The van der Waals surface area contributed by atoms with Gasteiger partial charge in [-0.3, -0.25) is 0 Å². The average molecular weight is 215 g/mol. The van der Waals surface area contributed by atoms with Gasteiger partial charge in [-0.05, 0) is 19.4 Å². The first-order valence-corrected chi connectivity index (χ1v) is 5.99. The molecule has 3 nitrogen and oxygen atoms in total. The summed E-state index contributed by atoms with van der Waals surface area (Å²) in [7, 11) is 2.14. The summed E-state index contributed by atoms with van der Waals surface area (Å²) in [5.41, 5.74) is 0.00219. The number of rotatable bonds is 6. The maximum atomic E-state index is 9.45. The van der Waals surface area contributed by atoms with Crippen molar-refractivity contribution in [3.63, 3.8) is 0 Å². The van der Waals surface area contributed by atoms with Gasteiger partial charge >= 0.3 is 0 Å². The van der Waals surface area contributed by atoms with Crippen molar-refractivity contribution in [2.45, 2.75) is 26.7 Å². The topological polar surface area (TPSA) is 32.7 Å². The van der Waals surface area contributed by atoms with Crippen molar-refractivity contribution < 1.29 is 9.84 Å². The van der Waals surface area contributed by atoms with E-state index >= 15 is 0 Å². The van der Waals surface area contributed by atoms with E-state index in [0.29, 0.717) is 6.61 Å². The van der Waals surface area contributed by atoms with Gasteiger partial charge in [0.2, 0.25) is 0 Å². The minimum absolute atomic E-state index is 0.00219. The summed E-state index contributed by atoms with van der Waals surface area (Å²) < 4.78 is 5.40. The molecule has 1 fully saturated rings. The Bertz CT molecular complexity index is 178. The largest absolute Gasteiger partial charge is 0.396 e. The summed E-state index contributed by atoms with van der Waals surface area (Å²) in [4.78, 5) is 2.33. The Kier molecular flexibility index (Phi) is 5.03. The van der Waals surface area contributed by atoms with Gasteiger partial charge in [-0.25, -0.2) is 0 Å². The van der Waals surface area contributed by atoms with Crippen LogP contribution in [0.25, 0.3) is 0 Å². The molecule has 0 aromatic heterocycles. The number of hydrogen-bond donors (Lipinski definition) is 1. The number of aliphatic hydroxyl groups excluding tert-OH is 1. The standard InChI is InChI=1S/C12H25NO2/c1-4-11(2)7-13(3)8-12(9-14)5-6-15-10-12/h11,14H,4-10H2,1-3H3. The summed E-state index contributed by atoms with van der Waals surface area (Å²) in [5, 5.41) is 9.45. The van der Waals surface area contributed by atoms with Gasteiger partial charge in [-0.15, -0.1) is 0 Å². The number of ether oxygens (including phenoxy) is 1. The van der Waals surface area contributed by atoms with Crippen molar-refractivity contribution in [1.82, 2.24) is 4.90 Å². The zero-order chi connectivity index (χ0) is 11.3. The van der Waals surface area contributed by atoms with Crippen LogP contribution in [0.5, 0.6) is 0 Å². The molecule has 2 atom stereocenters. The van der Waals surface area contributed by atoms with Gasteiger partial charge in [-0.2, -0.15) is 0 Å². The zero-order valence-electron chi connectivity index (χ0n) is 10.3. The van der Waals surface area contributed by atoms with Crippen LogP contribution in [-0.2, 0) is 4.74 Å². The van der Waals surface area contributed by atoms with E-state index in [4.69, 9.17) is 4.74 Å². The van der Waals surface area contributed by atoms with E-state index in [-0.39, 0.29) is 12.0 Å². The molecule has 0 bridgehead atoms. The third-order valence-electron chi connectivity index (χ3n) is 3.45. The molecule has 0 saturated carbocycles. The summed E-state index contributed by atoms with van der Waals surface area (Å²) >= 11 is 0. The Morgan fingerprint density at radius 1 is 1.53 bits per heavy atom. The van der Waals surface area contributed by atoms with Crippen LogP contribution in [0.4, 0.5) is 0 Å². The monoisotopic (exact) mass is 215 g/mol. The second kappa shape index (κ2) is 5.83. The zero-order valence-corrected chi connectivity index (χ0v) is 10.3. The summed E-state index contributed by atoms with van der Waals surface area (Å²) in [6, 6.07) is 0. The molecular formula is C12H25NO2. The molecule has 0 aromatic carbocycles. The average Bonchev–Trinajstić information content (AvgIpc) is 2.66. The normalized spacial score (nSPS) is 28.6. The van der Waals surface area contributed by atoms with Crippen LogP contribution in [0.3, 0.4) is 0 Å². The third kappa shape index (κ3) is 3.74. The van der Waals surface area contributed by atoms with Gasteiger partial charge in [0.25, 0.3) is 0 Å². The number of nitrogens with zero attached hydrogens (tertiary/aromatic N) is 1. The maximum absolute atomic E-state index is 9.45. The van der Waals surface area contributed by atoms with Crippen molar-refractivity contribution in [2.24, 2.45) is 11.3 Å². The second-order valence-electron chi connectivity index (χ2n) is 5.17. The molecule has 0 radical (unpaired) electrons. The van der Waals surface area contributed by atoms with Crippen molar-refractivity contribution in [3.05, 3.63) is 0 Å². The van der Waals surface area contributed by atoms with E-state index in [2.05, 4.69) is 25.8 Å². The predicted molar refractivity (Wildman–Crippen MR) is 61.9 cm³/mol. The molecule has 0 aromatic rings. The molecule has 2 unspecified atom stereocenters. The summed E-state index contributed by atoms with van der Waals surface area (Å²) in [6.45, 7) is 8.32. The fraction of sp³-hybridized carbons (Fsp3) is 1.00. The molecule has 0 spiro atoms. The highest BCUT2D eigenvalue weighted by atomic mass is 16.5. The predicted octanol–water partition coefficient (Wildman–Crippen LogP) is 1.36. The van der Waals surface area contributed by atoms with Gasteiger partial charge in [0, 0.05) is 25.1 Å². The Hall–Kier alpha value is -0.120. The van der Waals surface area contributed by atoms with Crippen molar-refractivity contribution in [3.8, 4) is 0 Å². The lowest BCUT2D eigenvalue weighted by molar-refractivity contribution is 0.0606. The third-order valence-corrected chi connectivity index (χ3v) is 3.45. The van der Waals surface area contributed by atoms with Crippen LogP contribution in [0.2, 0.25) is 0 Å². The quantitative estimate of drug-likeness (QED) is 0.726. The molecule has 1 aliphatic rings. The lowest BCUT2D eigenvalue weighted by Gasteiger charge is -2.31. The van der Waals surface area contributed by atoms with Crippen molar-refractivity contribution >= 4 is 0 Å². The molecule has 1 heterocycles. The number of hydrogen-bond acceptors (Lipinski definition) is 3. The minimum atomic E-state index is 0.00219. The van der Waals surface area contributed by atoms with Gasteiger partial charge < -0.3 is 14.7 Å². The molecule has 90 valence electrons. The lowest BCUT2D eigenvalue weighted by Crippen LogP contribution is -2.40. The van der Waals surface area contributed by atoms with Crippen LogP contribution in [0.15, 0.2) is 0 Å². The van der Waals surface area contributed by atoms with Gasteiger partial charge in [0.1, 0.15) is 0 Å². The fourth-order valence-corrected chi connectivity index (χ4v) is 2.25. The molecule has 1 aliphatic heterocycles. The van der Waals surface area contributed by atoms with E-state index in [1.54, 1.807) is 0 Å². The van der Waals surface area contributed by atoms with Crippen LogP contribution in [0, 0.1) is 11.3 Å². The molecule has 3 heteroatoms. The maximum Gasteiger partial charge on any atom is 0.0557 e. The van der Waals surface area contributed by atoms with Crippen LogP contribution >= 0.6 is 0 Å². The smallest absolute Gasteiger partial charge is 0.0557 e. The highest BCUT2D eigenvalue weighted by Crippen LogP contribution is 2.28. The summed E-state index contributed by atoms with van der Waals surface area (Å²) in [5.74, 6) is 0.730. The lowest BCUT2D eigenvalue weighted by atomic mass is 9.87. The molecule has 1 saturated heterocycles. The van der Waals surface area contributed by atoms with E-state index in [9.17, 15) is 5.11 Å². The molecule has 0 aliphatic carbocycles. The van der Waals surface area contributed by atoms with Crippen LogP contribution in [-0.4, -0.2) is 50.0 Å². The van der Waals surface area contributed by atoms with E-state index < -0.39 is 0 Å². The fourth-order valence-electron chi connectivity index (χ4n) is 2.25. The Balaban J connectivity index is 2.37. The Morgan fingerprint density at radius 2 is 2.27 bits per heavy atom. The van der Waals surface area contributed by atoms with Crippen LogP contribution < -0.4 is 0 Å². The molecule has 1 rings (SSSR count). The molecule has 0 amide bonds. The highest BCUT2D eigenvalue weighted by molar-refractivity contribution is 4.85.